The zero-order chi connectivity index (χ0) is 19.0. The van der Waals surface area contributed by atoms with Crippen molar-refractivity contribution in [3.63, 3.8) is 0 Å². The first-order valence-corrected chi connectivity index (χ1v) is 10.6. The highest BCUT2D eigenvalue weighted by molar-refractivity contribution is 7.90. The summed E-state index contributed by atoms with van der Waals surface area (Å²) in [6.07, 6.45) is 0. The van der Waals surface area contributed by atoms with Crippen LogP contribution in [0.2, 0.25) is 0 Å². The van der Waals surface area contributed by atoms with Gasteiger partial charge in [0.15, 0.2) is 0 Å². The number of hydrogen-bond donors (Lipinski definition) is 0. The smallest absolute Gasteiger partial charge is 0.269 e. The Labute approximate surface area is 161 Å². The van der Waals surface area contributed by atoms with Crippen molar-refractivity contribution in [2.45, 2.75) is 25.0 Å². The van der Waals surface area contributed by atoms with E-state index in [-0.39, 0.29) is 23.6 Å². The maximum Gasteiger partial charge on any atom is 0.269 e. The molecule has 0 aliphatic carbocycles. The van der Waals surface area contributed by atoms with Gasteiger partial charge in [-0.05, 0) is 31.2 Å². The van der Waals surface area contributed by atoms with E-state index in [2.05, 4.69) is 4.98 Å². The van der Waals surface area contributed by atoms with Crippen molar-refractivity contribution in [3.05, 3.63) is 75.7 Å². The summed E-state index contributed by atoms with van der Waals surface area (Å²) >= 11 is 1.37. The average Bonchev–Trinajstić information content (AvgIpc) is 3.19. The van der Waals surface area contributed by atoms with Crippen LogP contribution < -0.4 is 4.74 Å². The Hall–Kier alpha value is -2.71. The van der Waals surface area contributed by atoms with E-state index >= 15 is 0 Å². The Kier molecular flexibility index (Phi) is 4.45. The van der Waals surface area contributed by atoms with Crippen LogP contribution in [-0.4, -0.2) is 23.6 Å². The van der Waals surface area contributed by atoms with Crippen molar-refractivity contribution in [3.8, 4) is 5.75 Å². The largest absolute Gasteiger partial charge is 0.486 e. The monoisotopic (exact) mass is 400 g/mol. The summed E-state index contributed by atoms with van der Waals surface area (Å²) in [5.74, 6) is 0.223. The number of rotatable bonds is 5. The van der Waals surface area contributed by atoms with E-state index in [4.69, 9.17) is 4.74 Å². The number of thiazole rings is 1. The molecule has 4 rings (SSSR count). The minimum atomic E-state index is -3.83. The van der Waals surface area contributed by atoms with Crippen LogP contribution in [0.25, 0.3) is 0 Å². The third-order valence-corrected chi connectivity index (χ3v) is 6.86. The van der Waals surface area contributed by atoms with Crippen molar-refractivity contribution >= 4 is 27.3 Å². The zero-order valence-electron chi connectivity index (χ0n) is 14.5. The molecule has 0 fully saturated rings. The Morgan fingerprint density at radius 3 is 2.59 bits per heavy atom. The van der Waals surface area contributed by atoms with Gasteiger partial charge in [0.05, 0.1) is 17.8 Å². The van der Waals surface area contributed by atoms with Crippen LogP contribution in [0.3, 0.4) is 0 Å². The van der Waals surface area contributed by atoms with Gasteiger partial charge in [0, 0.05) is 5.38 Å². The summed E-state index contributed by atoms with van der Waals surface area (Å²) < 4.78 is 31.8. The van der Waals surface area contributed by atoms with Crippen LogP contribution in [0.5, 0.6) is 5.75 Å². The molecule has 1 aliphatic heterocycles. The number of aromatic nitrogens is 1. The molecule has 0 N–H and O–H groups in total. The van der Waals surface area contributed by atoms with Crippen LogP contribution in [-0.2, 0) is 23.2 Å². The second kappa shape index (κ2) is 6.79. The van der Waals surface area contributed by atoms with E-state index in [0.29, 0.717) is 10.7 Å². The fraction of sp³-hybridized carbons (Fsp3) is 0.158. The molecular weight excluding hydrogens is 384 g/mol. The van der Waals surface area contributed by atoms with Gasteiger partial charge >= 0.3 is 0 Å². The number of hydrogen-bond acceptors (Lipinski definition) is 6. The van der Waals surface area contributed by atoms with Crippen molar-refractivity contribution in [2.24, 2.45) is 0 Å². The molecule has 2 heterocycles. The van der Waals surface area contributed by atoms with Crippen molar-refractivity contribution in [2.75, 3.05) is 0 Å². The lowest BCUT2D eigenvalue weighted by Crippen LogP contribution is -2.29. The molecule has 0 saturated heterocycles. The molecule has 3 aromatic rings. The lowest BCUT2D eigenvalue weighted by Gasteiger charge is -2.13. The second-order valence-electron chi connectivity index (χ2n) is 6.15. The molecule has 0 radical (unpaired) electrons. The summed E-state index contributed by atoms with van der Waals surface area (Å²) in [5, 5.41) is 2.46. The molecule has 1 aliphatic rings. The van der Waals surface area contributed by atoms with Crippen LogP contribution in [0, 0.1) is 6.92 Å². The maximum atomic E-state index is 12.6. The van der Waals surface area contributed by atoms with Gasteiger partial charge in [-0.15, -0.1) is 11.3 Å². The molecule has 0 atom stereocenters. The van der Waals surface area contributed by atoms with E-state index in [1.807, 2.05) is 31.2 Å². The van der Waals surface area contributed by atoms with Gasteiger partial charge in [-0.25, -0.2) is 17.7 Å². The molecule has 0 saturated carbocycles. The first-order chi connectivity index (χ1) is 12.9. The summed E-state index contributed by atoms with van der Waals surface area (Å²) in [6, 6.07) is 13.9. The van der Waals surface area contributed by atoms with Crippen molar-refractivity contribution < 1.29 is 17.9 Å². The fourth-order valence-electron chi connectivity index (χ4n) is 2.80. The standard InChI is InChI=1S/C19H16N2O4S2/c1-13-6-8-15(9-7-13)25-11-18-20-14(12-26-18)10-21-19(22)16-4-2-3-5-17(16)27(21,23)24/h2-9,12H,10-11H2,1H3. The van der Waals surface area contributed by atoms with Crippen LogP contribution in [0.1, 0.15) is 26.6 Å². The molecule has 1 aromatic heterocycles. The van der Waals surface area contributed by atoms with E-state index < -0.39 is 15.9 Å². The van der Waals surface area contributed by atoms with Gasteiger partial charge in [0.2, 0.25) is 0 Å². The Morgan fingerprint density at radius 2 is 1.85 bits per heavy atom. The number of ether oxygens (including phenoxy) is 1. The molecule has 138 valence electrons. The Morgan fingerprint density at radius 1 is 1.11 bits per heavy atom. The van der Waals surface area contributed by atoms with E-state index in [1.165, 1.54) is 23.5 Å². The number of aryl methyl sites for hydroxylation is 1. The fourth-order valence-corrected chi connectivity index (χ4v) is 5.04. The Balaban J connectivity index is 1.47. The van der Waals surface area contributed by atoms with Crippen LogP contribution >= 0.6 is 11.3 Å². The average molecular weight is 400 g/mol. The van der Waals surface area contributed by atoms with Crippen LogP contribution in [0.15, 0.2) is 58.8 Å². The molecular formula is C19H16N2O4S2. The topological polar surface area (TPSA) is 76.6 Å². The molecule has 27 heavy (non-hydrogen) atoms. The van der Waals surface area contributed by atoms with Gasteiger partial charge in [0.25, 0.3) is 15.9 Å². The first kappa shape index (κ1) is 17.7. The van der Waals surface area contributed by atoms with Gasteiger partial charge < -0.3 is 4.74 Å². The number of carbonyl (C=O) groups excluding carboxylic acids is 1. The normalized spacial score (nSPS) is 15.0. The van der Waals surface area contributed by atoms with Gasteiger partial charge in [-0.2, -0.15) is 0 Å². The number of sulfonamides is 1. The summed E-state index contributed by atoms with van der Waals surface area (Å²) in [4.78, 5) is 16.9. The van der Waals surface area contributed by atoms with E-state index in [0.717, 1.165) is 15.6 Å². The molecule has 2 aromatic carbocycles. The van der Waals surface area contributed by atoms with Gasteiger partial charge in [-0.3, -0.25) is 4.79 Å². The SMILES string of the molecule is Cc1ccc(OCc2nc(CN3C(=O)c4ccccc4S3(=O)=O)cs2)cc1. The van der Waals surface area contributed by atoms with Crippen LogP contribution in [0.4, 0.5) is 0 Å². The summed E-state index contributed by atoms with van der Waals surface area (Å²) in [6.45, 7) is 2.20. The molecule has 0 bridgehead atoms. The minimum Gasteiger partial charge on any atom is -0.486 e. The third-order valence-electron chi connectivity index (χ3n) is 4.20. The first-order valence-electron chi connectivity index (χ1n) is 8.24. The highest BCUT2D eigenvalue weighted by Crippen LogP contribution is 2.31. The number of carbonyl (C=O) groups is 1. The number of amides is 1. The zero-order valence-corrected chi connectivity index (χ0v) is 16.1. The quantitative estimate of drug-likeness (QED) is 0.656. The van der Waals surface area contributed by atoms with Gasteiger partial charge in [-0.1, -0.05) is 29.8 Å². The molecule has 8 heteroatoms. The number of fused-ring (bicyclic) bond motifs is 1. The number of benzene rings is 2. The van der Waals surface area contributed by atoms with Crippen molar-refractivity contribution in [1.29, 1.82) is 0 Å². The molecule has 1 amide bonds. The predicted octanol–water partition coefficient (Wildman–Crippen LogP) is 3.38. The molecule has 6 nitrogen and oxygen atoms in total. The highest BCUT2D eigenvalue weighted by Gasteiger charge is 2.41. The molecule has 0 spiro atoms. The minimum absolute atomic E-state index is 0.0492. The van der Waals surface area contributed by atoms with E-state index in [1.54, 1.807) is 17.5 Å². The maximum absolute atomic E-state index is 12.6. The molecule has 0 unspecified atom stereocenters. The predicted molar refractivity (Wildman–Crippen MR) is 101 cm³/mol. The second-order valence-corrected chi connectivity index (χ2v) is 8.92. The summed E-state index contributed by atoms with van der Waals surface area (Å²) in [7, 11) is -3.83. The van der Waals surface area contributed by atoms with Gasteiger partial charge in [0.1, 0.15) is 22.3 Å². The van der Waals surface area contributed by atoms with E-state index in [9.17, 15) is 13.2 Å². The lowest BCUT2D eigenvalue weighted by atomic mass is 10.2. The number of nitrogens with zero attached hydrogens (tertiary/aromatic N) is 2. The Bertz CT molecular complexity index is 1100. The highest BCUT2D eigenvalue weighted by atomic mass is 32.2. The lowest BCUT2D eigenvalue weighted by molar-refractivity contribution is 0.0864. The van der Waals surface area contributed by atoms with Crippen molar-refractivity contribution in [1.82, 2.24) is 9.29 Å². The third kappa shape index (κ3) is 3.33. The summed E-state index contributed by atoms with van der Waals surface area (Å²) in [5.41, 5.74) is 1.87.